The minimum Gasteiger partial charge on any atom is -0.353 e. The van der Waals surface area contributed by atoms with Gasteiger partial charge in [0.2, 0.25) is 5.91 Å². The van der Waals surface area contributed by atoms with Crippen LogP contribution in [0.5, 0.6) is 0 Å². The van der Waals surface area contributed by atoms with E-state index in [4.69, 9.17) is 0 Å². The van der Waals surface area contributed by atoms with Crippen LogP contribution < -0.4 is 10.9 Å². The summed E-state index contributed by atoms with van der Waals surface area (Å²) in [6.07, 6.45) is 4.87. The summed E-state index contributed by atoms with van der Waals surface area (Å²) in [4.78, 5) is 35.8. The number of H-pyrrole nitrogens is 1. The van der Waals surface area contributed by atoms with E-state index >= 15 is 0 Å². The number of nitrogens with zero attached hydrogens (tertiary/aromatic N) is 2. The summed E-state index contributed by atoms with van der Waals surface area (Å²) in [5.41, 5.74) is 1.76. The zero-order valence-electron chi connectivity index (χ0n) is 15.3. The minimum absolute atomic E-state index is 0.0318. The Bertz CT molecular complexity index is 769. The third kappa shape index (κ3) is 4.98. The molecule has 6 nitrogen and oxygen atoms in total. The summed E-state index contributed by atoms with van der Waals surface area (Å²) < 4.78 is 0. The molecule has 134 valence electrons. The molecule has 0 aromatic carbocycles. The number of rotatable bonds is 7. The topological polar surface area (TPSA) is 87.7 Å². The quantitative estimate of drug-likeness (QED) is 0.809. The lowest BCUT2D eigenvalue weighted by molar-refractivity contribution is -0.122. The molecule has 0 saturated carbocycles. The van der Waals surface area contributed by atoms with Crippen LogP contribution in [-0.4, -0.2) is 26.9 Å². The molecule has 1 unspecified atom stereocenters. The van der Waals surface area contributed by atoms with Crippen molar-refractivity contribution in [3.8, 4) is 11.4 Å². The van der Waals surface area contributed by atoms with Gasteiger partial charge in [0.15, 0.2) is 0 Å². The molecule has 0 aliphatic carbocycles. The van der Waals surface area contributed by atoms with E-state index < -0.39 is 0 Å². The fourth-order valence-corrected chi connectivity index (χ4v) is 2.80. The van der Waals surface area contributed by atoms with Crippen LogP contribution in [0.25, 0.3) is 11.4 Å². The number of aromatic nitrogens is 3. The Balaban J connectivity index is 2.08. The van der Waals surface area contributed by atoms with E-state index in [-0.39, 0.29) is 23.9 Å². The van der Waals surface area contributed by atoms with Crippen molar-refractivity contribution < 1.29 is 4.79 Å². The molecule has 0 radical (unpaired) electrons. The van der Waals surface area contributed by atoms with E-state index in [1.807, 2.05) is 6.07 Å². The van der Waals surface area contributed by atoms with Gasteiger partial charge in [0.05, 0.1) is 0 Å². The highest BCUT2D eigenvalue weighted by atomic mass is 16.1. The third-order valence-corrected chi connectivity index (χ3v) is 4.35. The van der Waals surface area contributed by atoms with E-state index in [1.54, 1.807) is 25.4 Å². The number of aryl methyl sites for hydroxylation is 1. The van der Waals surface area contributed by atoms with E-state index in [0.29, 0.717) is 29.4 Å². The predicted octanol–water partition coefficient (Wildman–Crippen LogP) is 2.62. The van der Waals surface area contributed by atoms with Gasteiger partial charge in [0, 0.05) is 41.7 Å². The monoisotopic (exact) mass is 342 g/mol. The van der Waals surface area contributed by atoms with Gasteiger partial charge in [-0.15, -0.1) is 0 Å². The molecule has 0 bridgehead atoms. The Kier molecular flexibility index (Phi) is 6.44. The SMILES string of the molecule is CCC(NC(=O)CCc1c(C)nc(-c2cccnc2)[nH]c1=O)C(C)C. The standard InChI is InChI=1S/C19H26N4O2/c1-5-16(12(2)3)22-17(24)9-8-15-13(4)21-18(23-19(15)25)14-7-6-10-20-11-14/h6-7,10-12,16H,5,8-9H2,1-4H3,(H,22,24)(H,21,23,25). The number of carbonyl (C=O) groups is 1. The Labute approximate surface area is 148 Å². The van der Waals surface area contributed by atoms with Crippen LogP contribution in [0.15, 0.2) is 29.3 Å². The summed E-state index contributed by atoms with van der Waals surface area (Å²) in [7, 11) is 0. The average molecular weight is 342 g/mol. The Hall–Kier alpha value is -2.50. The first kappa shape index (κ1) is 18.8. The number of pyridine rings is 1. The molecule has 2 rings (SSSR count). The highest BCUT2D eigenvalue weighted by Crippen LogP contribution is 2.13. The predicted molar refractivity (Wildman–Crippen MR) is 98.2 cm³/mol. The van der Waals surface area contributed by atoms with Crippen LogP contribution in [0.4, 0.5) is 0 Å². The molecule has 1 atom stereocenters. The van der Waals surface area contributed by atoms with Gasteiger partial charge in [-0.3, -0.25) is 14.6 Å². The summed E-state index contributed by atoms with van der Waals surface area (Å²) >= 11 is 0. The van der Waals surface area contributed by atoms with Gasteiger partial charge in [-0.05, 0) is 37.8 Å². The van der Waals surface area contributed by atoms with Gasteiger partial charge in [-0.25, -0.2) is 4.98 Å². The van der Waals surface area contributed by atoms with Crippen molar-refractivity contribution in [1.29, 1.82) is 0 Å². The van der Waals surface area contributed by atoms with E-state index in [2.05, 4.69) is 41.0 Å². The second-order valence-corrected chi connectivity index (χ2v) is 6.55. The normalized spacial score (nSPS) is 12.2. The van der Waals surface area contributed by atoms with Crippen molar-refractivity contribution in [2.45, 2.75) is 53.0 Å². The zero-order valence-corrected chi connectivity index (χ0v) is 15.3. The Morgan fingerprint density at radius 3 is 2.68 bits per heavy atom. The van der Waals surface area contributed by atoms with Crippen molar-refractivity contribution in [3.63, 3.8) is 0 Å². The first-order chi connectivity index (χ1) is 11.9. The molecule has 2 heterocycles. The Morgan fingerprint density at radius 1 is 1.36 bits per heavy atom. The van der Waals surface area contributed by atoms with Crippen LogP contribution >= 0.6 is 0 Å². The number of carbonyl (C=O) groups excluding carboxylic acids is 1. The van der Waals surface area contributed by atoms with Gasteiger partial charge < -0.3 is 10.3 Å². The summed E-state index contributed by atoms with van der Waals surface area (Å²) in [5.74, 6) is 0.852. The lowest BCUT2D eigenvalue weighted by atomic mass is 10.0. The average Bonchev–Trinajstić information content (AvgIpc) is 2.59. The molecule has 0 aliphatic rings. The molecule has 0 saturated heterocycles. The highest BCUT2D eigenvalue weighted by molar-refractivity contribution is 5.76. The van der Waals surface area contributed by atoms with Gasteiger partial charge in [-0.2, -0.15) is 0 Å². The van der Waals surface area contributed by atoms with E-state index in [0.717, 1.165) is 12.0 Å². The third-order valence-electron chi connectivity index (χ3n) is 4.35. The van der Waals surface area contributed by atoms with E-state index in [9.17, 15) is 9.59 Å². The lowest BCUT2D eigenvalue weighted by Crippen LogP contribution is -2.38. The molecule has 0 fully saturated rings. The van der Waals surface area contributed by atoms with Gasteiger partial charge in [0.1, 0.15) is 5.82 Å². The van der Waals surface area contributed by atoms with Crippen LogP contribution in [0.3, 0.4) is 0 Å². The van der Waals surface area contributed by atoms with Crippen LogP contribution in [0, 0.1) is 12.8 Å². The van der Waals surface area contributed by atoms with Crippen molar-refractivity contribution in [2.24, 2.45) is 5.92 Å². The number of amides is 1. The Morgan fingerprint density at radius 2 is 2.12 bits per heavy atom. The smallest absolute Gasteiger partial charge is 0.254 e. The maximum atomic E-state index is 12.4. The summed E-state index contributed by atoms with van der Waals surface area (Å²) in [6.45, 7) is 8.03. The van der Waals surface area contributed by atoms with Crippen LogP contribution in [-0.2, 0) is 11.2 Å². The summed E-state index contributed by atoms with van der Waals surface area (Å²) in [6, 6.07) is 3.80. The van der Waals surface area contributed by atoms with E-state index in [1.165, 1.54) is 0 Å². The maximum absolute atomic E-state index is 12.4. The molecule has 2 aromatic heterocycles. The molecule has 6 heteroatoms. The number of aromatic amines is 1. The van der Waals surface area contributed by atoms with Gasteiger partial charge >= 0.3 is 0 Å². The highest BCUT2D eigenvalue weighted by Gasteiger charge is 2.16. The fraction of sp³-hybridized carbons (Fsp3) is 0.474. The molecule has 0 spiro atoms. The molecule has 2 N–H and O–H groups in total. The van der Waals surface area contributed by atoms with Crippen LogP contribution in [0.2, 0.25) is 0 Å². The summed E-state index contributed by atoms with van der Waals surface area (Å²) in [5, 5.41) is 3.03. The van der Waals surface area contributed by atoms with Crippen LogP contribution in [0.1, 0.15) is 44.9 Å². The minimum atomic E-state index is -0.199. The zero-order chi connectivity index (χ0) is 18.4. The van der Waals surface area contributed by atoms with Crippen molar-refractivity contribution in [3.05, 3.63) is 46.1 Å². The number of hydrogen-bond donors (Lipinski definition) is 2. The molecular formula is C19H26N4O2. The molecule has 0 aliphatic heterocycles. The maximum Gasteiger partial charge on any atom is 0.254 e. The second-order valence-electron chi connectivity index (χ2n) is 6.55. The lowest BCUT2D eigenvalue weighted by Gasteiger charge is -2.20. The first-order valence-electron chi connectivity index (χ1n) is 8.72. The molecule has 25 heavy (non-hydrogen) atoms. The molecule has 2 aromatic rings. The van der Waals surface area contributed by atoms with Gasteiger partial charge in [0.25, 0.3) is 5.56 Å². The number of hydrogen-bond acceptors (Lipinski definition) is 4. The van der Waals surface area contributed by atoms with Crippen molar-refractivity contribution in [2.75, 3.05) is 0 Å². The fourth-order valence-electron chi connectivity index (χ4n) is 2.80. The van der Waals surface area contributed by atoms with Gasteiger partial charge in [-0.1, -0.05) is 20.8 Å². The first-order valence-corrected chi connectivity index (χ1v) is 8.72. The largest absolute Gasteiger partial charge is 0.353 e. The number of nitrogens with one attached hydrogen (secondary N) is 2. The second kappa shape index (κ2) is 8.55. The molecule has 1 amide bonds. The van der Waals surface area contributed by atoms with Crippen molar-refractivity contribution >= 4 is 5.91 Å². The van der Waals surface area contributed by atoms with Crippen molar-refractivity contribution in [1.82, 2.24) is 20.3 Å². The molecular weight excluding hydrogens is 316 g/mol.